The van der Waals surface area contributed by atoms with Crippen LogP contribution in [-0.4, -0.2) is 17.7 Å². The first kappa shape index (κ1) is 29.1. The van der Waals surface area contributed by atoms with Gasteiger partial charge in [0.1, 0.15) is 17.1 Å². The molecule has 0 atom stereocenters. The number of unbranched alkanes of at least 4 members (excludes halogenated alkanes) is 5. The minimum absolute atomic E-state index is 0.0772. The highest BCUT2D eigenvalue weighted by atomic mass is 16.5. The number of nitrogens with two attached hydrogens (primary N) is 1. The van der Waals surface area contributed by atoms with Gasteiger partial charge in [-0.2, -0.15) is 0 Å². The number of aliphatic hydroxyl groups is 1. The van der Waals surface area contributed by atoms with Crippen molar-refractivity contribution in [1.29, 1.82) is 0 Å². The first-order valence-corrected chi connectivity index (χ1v) is 12.3. The molecule has 3 N–H and O–H groups in total. The minimum Gasteiger partial charge on any atom is -0.506 e. The fraction of sp³-hybridized carbons (Fsp3) is 0.536. The van der Waals surface area contributed by atoms with Crippen LogP contribution in [0, 0.1) is 5.41 Å². The van der Waals surface area contributed by atoms with Crippen LogP contribution in [-0.2, 0) is 9.53 Å². The normalized spacial score (nSPS) is 12.8. The first-order valence-electron chi connectivity index (χ1n) is 12.3. The van der Waals surface area contributed by atoms with Crippen LogP contribution in [0.3, 0.4) is 0 Å². The molecule has 0 saturated carbocycles. The molecule has 0 aliphatic heterocycles. The zero-order chi connectivity index (χ0) is 25.4. The molecule has 0 spiro atoms. The summed E-state index contributed by atoms with van der Waals surface area (Å²) in [4.78, 5) is 12.3. The lowest BCUT2D eigenvalue weighted by atomic mass is 9.90. The van der Waals surface area contributed by atoms with E-state index in [1.54, 1.807) is 18.2 Å². The zero-order valence-electron chi connectivity index (χ0n) is 21.5. The number of nitrogens with zero attached hydrogens (tertiary/aromatic N) is 2. The van der Waals surface area contributed by atoms with Crippen molar-refractivity contribution in [2.24, 2.45) is 15.6 Å². The molecule has 0 unspecified atom stereocenters. The number of aliphatic hydroxyl groups excluding tert-OH is 1. The van der Waals surface area contributed by atoms with Crippen molar-refractivity contribution in [3.05, 3.63) is 60.0 Å². The maximum Gasteiger partial charge on any atom is 0.306 e. The average molecular weight is 470 g/mol. The maximum absolute atomic E-state index is 12.3. The molecule has 188 valence electrons. The second-order valence-electron chi connectivity index (χ2n) is 9.77. The lowest BCUT2D eigenvalue weighted by molar-refractivity contribution is -0.143. The standard InChI is InChI=1S/C28H43N3O3/c1-6-7-8-9-10-13-20-34-27(33)17-16-23(18-19-28(3,4)5)21-26(22(2)32)31-30-25-15-12-11-14-24(25)29/h11-12,14-15,18,21,32H,2,6-10,13,16-17,19-20,29H2,1,3-5H3/b23-18-,26-21+,31-30?. The summed E-state index contributed by atoms with van der Waals surface area (Å²) in [5.41, 5.74) is 8.09. The molecule has 1 aromatic carbocycles. The molecule has 1 rings (SSSR count). The van der Waals surface area contributed by atoms with E-state index in [1.165, 1.54) is 25.7 Å². The number of anilines is 1. The van der Waals surface area contributed by atoms with E-state index >= 15 is 0 Å². The third-order valence-electron chi connectivity index (χ3n) is 5.18. The van der Waals surface area contributed by atoms with Crippen LogP contribution in [0.25, 0.3) is 0 Å². The lowest BCUT2D eigenvalue weighted by Crippen LogP contribution is -2.07. The summed E-state index contributed by atoms with van der Waals surface area (Å²) in [6, 6.07) is 7.10. The van der Waals surface area contributed by atoms with E-state index in [-0.39, 0.29) is 29.3 Å². The molecule has 6 heteroatoms. The van der Waals surface area contributed by atoms with Crippen molar-refractivity contribution in [3.63, 3.8) is 0 Å². The van der Waals surface area contributed by atoms with E-state index in [4.69, 9.17) is 10.5 Å². The number of carbonyl (C=O) groups excluding carboxylic acids is 1. The van der Waals surface area contributed by atoms with Crippen molar-refractivity contribution in [2.75, 3.05) is 12.3 Å². The van der Waals surface area contributed by atoms with E-state index in [1.807, 2.05) is 12.1 Å². The molecule has 1 aromatic rings. The highest BCUT2D eigenvalue weighted by Gasteiger charge is 2.11. The summed E-state index contributed by atoms with van der Waals surface area (Å²) in [5.74, 6) is -0.419. The number of rotatable bonds is 15. The van der Waals surface area contributed by atoms with Crippen molar-refractivity contribution in [3.8, 4) is 0 Å². The molecule has 0 aromatic heterocycles. The molecule has 0 heterocycles. The third-order valence-corrected chi connectivity index (χ3v) is 5.18. The van der Waals surface area contributed by atoms with Crippen LogP contribution < -0.4 is 5.73 Å². The summed E-state index contributed by atoms with van der Waals surface area (Å²) in [7, 11) is 0. The monoisotopic (exact) mass is 469 g/mol. The molecule has 0 aliphatic rings. The summed E-state index contributed by atoms with van der Waals surface area (Å²) < 4.78 is 5.41. The van der Waals surface area contributed by atoms with Gasteiger partial charge in [0.05, 0.1) is 12.3 Å². The van der Waals surface area contributed by atoms with E-state index in [0.717, 1.165) is 24.8 Å². The van der Waals surface area contributed by atoms with Crippen molar-refractivity contribution < 1.29 is 14.6 Å². The first-order chi connectivity index (χ1) is 16.1. The Labute approximate surface area is 205 Å². The van der Waals surface area contributed by atoms with Crippen molar-refractivity contribution in [2.45, 2.75) is 85.5 Å². The molecule has 34 heavy (non-hydrogen) atoms. The number of benzene rings is 1. The van der Waals surface area contributed by atoms with Gasteiger partial charge in [-0.05, 0) is 48.5 Å². The van der Waals surface area contributed by atoms with Gasteiger partial charge < -0.3 is 15.6 Å². The summed E-state index contributed by atoms with van der Waals surface area (Å²) in [6.07, 6.45) is 12.2. The molecular formula is C28H43N3O3. The molecule has 0 aliphatic carbocycles. The topological polar surface area (TPSA) is 97.3 Å². The van der Waals surface area contributed by atoms with Gasteiger partial charge in [0.2, 0.25) is 0 Å². The molecule has 0 bridgehead atoms. The number of nitrogen functional groups attached to an aromatic ring is 1. The summed E-state index contributed by atoms with van der Waals surface area (Å²) >= 11 is 0. The van der Waals surface area contributed by atoms with E-state index in [2.05, 4.69) is 50.6 Å². The van der Waals surface area contributed by atoms with Crippen LogP contribution in [0.15, 0.2) is 70.3 Å². The highest BCUT2D eigenvalue weighted by molar-refractivity contribution is 5.69. The number of azo groups is 1. The lowest BCUT2D eigenvalue weighted by Gasteiger charge is -2.16. The third kappa shape index (κ3) is 13.6. The summed E-state index contributed by atoms with van der Waals surface area (Å²) in [5, 5.41) is 18.4. The number of para-hydroxylation sites is 1. The van der Waals surface area contributed by atoms with Crippen LogP contribution in [0.1, 0.15) is 85.5 Å². The average Bonchev–Trinajstić information content (AvgIpc) is 2.77. The van der Waals surface area contributed by atoms with Crippen LogP contribution >= 0.6 is 0 Å². The predicted octanol–water partition coefficient (Wildman–Crippen LogP) is 8.35. The Kier molecular flexibility index (Phi) is 13.6. The van der Waals surface area contributed by atoms with E-state index in [9.17, 15) is 9.90 Å². The quantitative estimate of drug-likeness (QED) is 0.0673. The highest BCUT2D eigenvalue weighted by Crippen LogP contribution is 2.25. The molecule has 0 fully saturated rings. The Hall–Kier alpha value is -2.89. The zero-order valence-corrected chi connectivity index (χ0v) is 21.5. The number of allylic oxidation sites excluding steroid dienone is 3. The van der Waals surface area contributed by atoms with E-state index in [0.29, 0.717) is 24.4 Å². The number of esters is 1. The minimum atomic E-state index is -0.216. The Morgan fingerprint density at radius 1 is 1.12 bits per heavy atom. The van der Waals surface area contributed by atoms with Gasteiger partial charge >= 0.3 is 5.97 Å². The van der Waals surface area contributed by atoms with Gasteiger partial charge in [0.15, 0.2) is 0 Å². The Morgan fingerprint density at radius 2 is 1.79 bits per heavy atom. The smallest absolute Gasteiger partial charge is 0.306 e. The Balaban J connectivity index is 2.80. The number of carbonyl (C=O) groups is 1. The van der Waals surface area contributed by atoms with Crippen LogP contribution in [0.4, 0.5) is 11.4 Å². The number of hydrogen-bond donors (Lipinski definition) is 2. The van der Waals surface area contributed by atoms with Gasteiger partial charge in [-0.15, -0.1) is 10.2 Å². The fourth-order valence-electron chi connectivity index (χ4n) is 3.09. The van der Waals surface area contributed by atoms with Gasteiger partial charge in [-0.3, -0.25) is 4.79 Å². The predicted molar refractivity (Wildman–Crippen MR) is 141 cm³/mol. The number of hydrogen-bond acceptors (Lipinski definition) is 6. The molecule has 0 amide bonds. The van der Waals surface area contributed by atoms with Crippen molar-refractivity contribution in [1.82, 2.24) is 0 Å². The Bertz CT molecular complexity index is 864. The van der Waals surface area contributed by atoms with Crippen LogP contribution in [0.5, 0.6) is 0 Å². The Morgan fingerprint density at radius 3 is 2.44 bits per heavy atom. The molecule has 0 radical (unpaired) electrons. The second-order valence-corrected chi connectivity index (χ2v) is 9.77. The summed E-state index contributed by atoms with van der Waals surface area (Å²) in [6.45, 7) is 12.7. The maximum atomic E-state index is 12.3. The fourth-order valence-corrected chi connectivity index (χ4v) is 3.09. The largest absolute Gasteiger partial charge is 0.506 e. The van der Waals surface area contributed by atoms with Gasteiger partial charge in [-0.25, -0.2) is 0 Å². The van der Waals surface area contributed by atoms with Gasteiger partial charge in [0.25, 0.3) is 0 Å². The number of ether oxygens (including phenoxy) is 1. The van der Waals surface area contributed by atoms with Crippen LogP contribution in [0.2, 0.25) is 0 Å². The van der Waals surface area contributed by atoms with E-state index < -0.39 is 0 Å². The molecular weight excluding hydrogens is 426 g/mol. The molecule has 0 saturated heterocycles. The second kappa shape index (κ2) is 15.9. The van der Waals surface area contributed by atoms with Crippen molar-refractivity contribution >= 4 is 17.3 Å². The molecule has 6 nitrogen and oxygen atoms in total. The van der Waals surface area contributed by atoms with Gasteiger partial charge in [0, 0.05) is 6.42 Å². The van der Waals surface area contributed by atoms with Gasteiger partial charge in [-0.1, -0.05) is 84.6 Å². The SMILES string of the molecule is C=C(O)/C(=C\C(=C/CC(C)(C)C)CCC(=O)OCCCCCCCC)N=Nc1ccccc1N.